The summed E-state index contributed by atoms with van der Waals surface area (Å²) in [5.74, 6) is -3.35. The quantitative estimate of drug-likeness (QED) is 0.127. The van der Waals surface area contributed by atoms with Crippen molar-refractivity contribution in [3.05, 3.63) is 22.3 Å². The Labute approximate surface area is 206 Å². The molecule has 0 radical (unpaired) electrons. The van der Waals surface area contributed by atoms with Crippen LogP contribution in [0.2, 0.25) is 0 Å². The Hall–Kier alpha value is -2.13. The van der Waals surface area contributed by atoms with Gasteiger partial charge in [-0.1, -0.05) is 5.16 Å². The van der Waals surface area contributed by atoms with Crippen molar-refractivity contribution >= 4 is 57.7 Å². The molecule has 2 amide bonds. The van der Waals surface area contributed by atoms with Crippen molar-refractivity contribution in [1.82, 2.24) is 15.2 Å². The normalized spacial score (nSPS) is 20.3. The van der Waals surface area contributed by atoms with Gasteiger partial charge in [-0.15, -0.1) is 23.1 Å². The average molecular weight is 477 g/mol. The number of thioether (sulfide) groups is 1. The number of carbonyl (C=O) groups excluding carboxylic acids is 4. The van der Waals surface area contributed by atoms with Crippen LogP contribution in [0.5, 0.6) is 0 Å². The third-order valence-electron chi connectivity index (χ3n) is 4.14. The number of hydrogen-bond acceptors (Lipinski definition) is 12. The molecule has 12 nitrogen and oxygen atoms in total. The third kappa shape index (κ3) is 5.20. The molecule has 2 atom stereocenters. The Kier molecular flexibility index (Phi) is 8.48. The summed E-state index contributed by atoms with van der Waals surface area (Å²) >= 11 is 2.32. The van der Waals surface area contributed by atoms with Crippen LogP contribution in [0.15, 0.2) is 21.8 Å². The number of esters is 1. The zero-order valence-corrected chi connectivity index (χ0v) is 20.4. The van der Waals surface area contributed by atoms with Crippen LogP contribution in [0.25, 0.3) is 0 Å². The smallest absolute Gasteiger partial charge is 0.543 e. The number of ether oxygens (including phenoxy) is 1. The Morgan fingerprint density at radius 3 is 2.71 bits per heavy atom. The van der Waals surface area contributed by atoms with Crippen molar-refractivity contribution in [3.8, 4) is 0 Å². The number of rotatable bonds is 7. The number of oxime groups is 1. The van der Waals surface area contributed by atoms with Crippen molar-refractivity contribution < 1.29 is 63.4 Å². The number of fused-ring (bicyclic) bond motifs is 1. The van der Waals surface area contributed by atoms with Gasteiger partial charge >= 0.3 is 35.5 Å². The van der Waals surface area contributed by atoms with E-state index in [1.54, 1.807) is 0 Å². The van der Waals surface area contributed by atoms with Gasteiger partial charge in [-0.25, -0.2) is 4.98 Å². The minimum absolute atomic E-state index is 0. The first-order valence-electron chi connectivity index (χ1n) is 8.39. The summed E-state index contributed by atoms with van der Waals surface area (Å²) in [6.07, 6.45) is 0. The van der Waals surface area contributed by atoms with Crippen LogP contribution in [0.4, 0.5) is 5.13 Å². The molecule has 0 saturated carbocycles. The summed E-state index contributed by atoms with van der Waals surface area (Å²) in [4.78, 5) is 57.5. The third-order valence-corrected chi connectivity index (χ3v) is 6.15. The number of carboxylic acids is 1. The first-order chi connectivity index (χ1) is 14.2. The molecule has 0 spiro atoms. The number of nitrogens with one attached hydrogen (secondary N) is 1. The van der Waals surface area contributed by atoms with Crippen molar-refractivity contribution in [3.63, 3.8) is 0 Å². The summed E-state index contributed by atoms with van der Waals surface area (Å²) in [6.45, 7) is 0.919. The summed E-state index contributed by atoms with van der Waals surface area (Å²) in [7, 11) is 1.25. The van der Waals surface area contributed by atoms with Gasteiger partial charge in [0.15, 0.2) is 10.8 Å². The fourth-order valence-corrected chi connectivity index (χ4v) is 4.75. The molecule has 160 valence electrons. The molecule has 1 fully saturated rings. The number of carboxylic acid groups (broad SMARTS) is 1. The minimum atomic E-state index is -1.57. The second-order valence-corrected chi connectivity index (χ2v) is 8.07. The van der Waals surface area contributed by atoms with Gasteiger partial charge in [0, 0.05) is 23.6 Å². The molecule has 3 rings (SSSR count). The second kappa shape index (κ2) is 10.5. The van der Waals surface area contributed by atoms with Crippen LogP contribution in [-0.4, -0.2) is 70.2 Å². The topological polar surface area (TPSA) is 176 Å². The van der Waals surface area contributed by atoms with E-state index in [4.69, 9.17) is 10.5 Å². The minimum Gasteiger partial charge on any atom is -0.543 e. The van der Waals surface area contributed by atoms with Crippen LogP contribution >= 0.6 is 23.1 Å². The summed E-state index contributed by atoms with van der Waals surface area (Å²) in [5, 5.41) is 18.8. The number of aromatic nitrogens is 1. The molecular weight excluding hydrogens is 461 g/mol. The molecule has 31 heavy (non-hydrogen) atoms. The number of hydrogen-bond donors (Lipinski definition) is 2. The maximum Gasteiger partial charge on any atom is 1.00 e. The number of carbonyl (C=O) groups is 4. The number of β-lactam (4-membered cyclic amide) rings is 1. The maximum absolute atomic E-state index is 12.6. The predicted octanol–water partition coefficient (Wildman–Crippen LogP) is -4.95. The molecule has 3 N–H and O–H groups in total. The van der Waals surface area contributed by atoms with Crippen molar-refractivity contribution in [2.24, 2.45) is 5.16 Å². The monoisotopic (exact) mass is 477 g/mol. The van der Waals surface area contributed by atoms with Crippen LogP contribution in [-0.2, 0) is 28.8 Å². The Morgan fingerprint density at radius 1 is 1.45 bits per heavy atom. The van der Waals surface area contributed by atoms with E-state index in [0.717, 1.165) is 16.2 Å². The van der Waals surface area contributed by atoms with Crippen molar-refractivity contribution in [2.75, 3.05) is 25.2 Å². The molecule has 1 aromatic rings. The van der Waals surface area contributed by atoms with Gasteiger partial charge in [-0.2, -0.15) is 0 Å². The predicted molar refractivity (Wildman–Crippen MR) is 104 cm³/mol. The van der Waals surface area contributed by atoms with E-state index >= 15 is 0 Å². The first-order valence-corrected chi connectivity index (χ1v) is 10.3. The zero-order valence-electron chi connectivity index (χ0n) is 16.7. The molecule has 2 aliphatic rings. The number of nitrogens with zero attached hydrogens (tertiary/aromatic N) is 3. The van der Waals surface area contributed by atoms with E-state index in [0.29, 0.717) is 0 Å². The van der Waals surface area contributed by atoms with Gasteiger partial charge in [0.25, 0.3) is 11.8 Å². The molecule has 2 aliphatic heterocycles. The Morgan fingerprint density at radius 2 is 2.16 bits per heavy atom. The molecule has 15 heteroatoms. The van der Waals surface area contributed by atoms with Crippen LogP contribution in [0.3, 0.4) is 0 Å². The summed E-state index contributed by atoms with van der Waals surface area (Å²) in [5.41, 5.74) is 5.46. The van der Waals surface area contributed by atoms with E-state index < -0.39 is 35.2 Å². The number of amides is 2. The average Bonchev–Trinajstić information content (AvgIpc) is 3.13. The molecule has 1 aromatic heterocycles. The van der Waals surface area contributed by atoms with E-state index in [9.17, 15) is 24.3 Å². The SMILES string of the molecule is CON=C(C(=O)NC1C(=O)N2C(C(=O)[O-])=C(COC(C)=O)CS[C@H]12)c1csc(N)n1.[Na+]. The molecule has 1 saturated heterocycles. The zero-order chi connectivity index (χ0) is 22.0. The number of thiazole rings is 1. The van der Waals surface area contributed by atoms with Crippen LogP contribution < -0.4 is 45.7 Å². The Bertz CT molecular complexity index is 979. The van der Waals surface area contributed by atoms with Crippen molar-refractivity contribution in [1.29, 1.82) is 0 Å². The van der Waals surface area contributed by atoms with Gasteiger partial charge in [-0.3, -0.25) is 19.3 Å². The molecular formula is C16H16N5NaO7S2. The van der Waals surface area contributed by atoms with Crippen molar-refractivity contribution in [2.45, 2.75) is 18.3 Å². The molecule has 0 aliphatic carbocycles. The van der Waals surface area contributed by atoms with E-state index in [1.807, 2.05) is 0 Å². The van der Waals surface area contributed by atoms with Crippen LogP contribution in [0, 0.1) is 0 Å². The van der Waals surface area contributed by atoms with Gasteiger partial charge in [0.05, 0.1) is 11.7 Å². The fourth-order valence-electron chi connectivity index (χ4n) is 2.87. The molecule has 1 unspecified atom stereocenters. The Balaban J connectivity index is 0.00000341. The van der Waals surface area contributed by atoms with Crippen LogP contribution in [0.1, 0.15) is 12.6 Å². The fraction of sp³-hybridized carbons (Fsp3) is 0.375. The standard InChI is InChI=1S/C16H17N5O7S2.Na/c1-6(22)28-3-7-4-29-14-10(13(24)21(14)11(7)15(25)26)19-12(23)9(20-27-2)8-5-30-16(17)18-8;/h5,10,14H,3-4H2,1-2H3,(H2,17,18)(H,19,23)(H,25,26);/q;+1/p-1/t10?,14-;/m1./s1. The number of nitrogen functional groups attached to an aromatic ring is 1. The molecule has 0 aromatic carbocycles. The summed E-state index contributed by atoms with van der Waals surface area (Å²) < 4.78 is 4.85. The van der Waals surface area contributed by atoms with Gasteiger partial charge < -0.3 is 30.5 Å². The van der Waals surface area contributed by atoms with E-state index in [2.05, 4.69) is 20.3 Å². The largest absolute Gasteiger partial charge is 1.00 e. The summed E-state index contributed by atoms with van der Waals surface area (Å²) in [6, 6.07) is -0.995. The molecule has 0 bridgehead atoms. The maximum atomic E-state index is 12.6. The van der Waals surface area contributed by atoms with Gasteiger partial charge in [0.2, 0.25) is 0 Å². The number of aliphatic carboxylic acids is 1. The molecule has 3 heterocycles. The van der Waals surface area contributed by atoms with E-state index in [-0.39, 0.29) is 69.7 Å². The number of nitrogens with two attached hydrogens (primary N) is 1. The van der Waals surface area contributed by atoms with Gasteiger partial charge in [-0.05, 0) is 0 Å². The number of anilines is 1. The van der Waals surface area contributed by atoms with Gasteiger partial charge in [0.1, 0.15) is 30.8 Å². The second-order valence-electron chi connectivity index (χ2n) is 6.07. The first kappa shape index (κ1) is 25.1. The van der Waals surface area contributed by atoms with E-state index in [1.165, 1.54) is 31.2 Å².